The molecule has 154 valence electrons. The third-order valence-electron chi connectivity index (χ3n) is 5.87. The van der Waals surface area contributed by atoms with E-state index in [9.17, 15) is 4.79 Å². The molecule has 6 nitrogen and oxygen atoms in total. The van der Waals surface area contributed by atoms with Gasteiger partial charge in [-0.15, -0.1) is 0 Å². The van der Waals surface area contributed by atoms with Gasteiger partial charge >= 0.3 is 0 Å². The molecule has 1 aromatic heterocycles. The summed E-state index contributed by atoms with van der Waals surface area (Å²) in [7, 11) is 3.58. The van der Waals surface area contributed by atoms with Gasteiger partial charge in [0.2, 0.25) is 0 Å². The van der Waals surface area contributed by atoms with Crippen molar-refractivity contribution in [3.05, 3.63) is 52.4 Å². The van der Waals surface area contributed by atoms with Crippen LogP contribution in [0.1, 0.15) is 60.1 Å². The number of aromatic nitrogens is 2. The quantitative estimate of drug-likeness (QED) is 0.794. The number of amides is 1. The van der Waals surface area contributed by atoms with Gasteiger partial charge in [-0.1, -0.05) is 23.8 Å². The van der Waals surface area contributed by atoms with E-state index in [1.807, 2.05) is 41.8 Å². The highest BCUT2D eigenvalue weighted by Gasteiger charge is 2.33. The van der Waals surface area contributed by atoms with Gasteiger partial charge in [-0.25, -0.2) is 0 Å². The van der Waals surface area contributed by atoms with Crippen molar-refractivity contribution in [1.29, 1.82) is 0 Å². The second-order valence-corrected chi connectivity index (χ2v) is 8.00. The van der Waals surface area contributed by atoms with Crippen LogP contribution in [0.4, 0.5) is 0 Å². The number of benzene rings is 1. The maximum atomic E-state index is 13.2. The molecule has 0 bridgehead atoms. The molecule has 6 heteroatoms. The predicted octanol–water partition coefficient (Wildman–Crippen LogP) is 3.77. The Labute approximate surface area is 172 Å². The maximum Gasteiger partial charge on any atom is 0.274 e. The van der Waals surface area contributed by atoms with Crippen molar-refractivity contribution in [2.45, 2.75) is 45.3 Å². The van der Waals surface area contributed by atoms with E-state index < -0.39 is 0 Å². The van der Waals surface area contributed by atoms with Gasteiger partial charge in [0.1, 0.15) is 5.75 Å². The number of ether oxygens (including phenoxy) is 2. The number of nitrogens with zero attached hydrogens (tertiary/aromatic N) is 3. The fourth-order valence-electron chi connectivity index (χ4n) is 4.47. The van der Waals surface area contributed by atoms with E-state index in [0.717, 1.165) is 54.9 Å². The molecule has 2 atom stereocenters. The van der Waals surface area contributed by atoms with E-state index in [-0.39, 0.29) is 18.1 Å². The molecule has 1 amide bonds. The molecule has 4 rings (SSSR count). The first-order valence-corrected chi connectivity index (χ1v) is 10.3. The highest BCUT2D eigenvalue weighted by atomic mass is 16.5. The lowest BCUT2D eigenvalue weighted by atomic mass is 9.97. The SMILES string of the molecule is COc1cccc(C=C2CCN(C(=O)c3nn(C)c4c3C[C@H](C)O[C@@H]4C)CC2)c1. The Morgan fingerprint density at radius 2 is 2.03 bits per heavy atom. The second-order valence-electron chi connectivity index (χ2n) is 8.00. The highest BCUT2D eigenvalue weighted by Crippen LogP contribution is 2.32. The number of likely N-dealkylation sites (tertiary alicyclic amines) is 1. The van der Waals surface area contributed by atoms with Crippen molar-refractivity contribution in [3.63, 3.8) is 0 Å². The highest BCUT2D eigenvalue weighted by molar-refractivity contribution is 5.94. The van der Waals surface area contributed by atoms with Crippen molar-refractivity contribution in [2.24, 2.45) is 7.05 Å². The van der Waals surface area contributed by atoms with E-state index in [2.05, 4.69) is 24.2 Å². The van der Waals surface area contributed by atoms with Crippen molar-refractivity contribution in [1.82, 2.24) is 14.7 Å². The molecule has 0 spiro atoms. The fraction of sp³-hybridized carbons (Fsp3) is 0.478. The van der Waals surface area contributed by atoms with Gasteiger partial charge in [-0.05, 0) is 44.4 Å². The van der Waals surface area contributed by atoms with Crippen LogP contribution in [0.3, 0.4) is 0 Å². The molecule has 0 N–H and O–H groups in total. The smallest absolute Gasteiger partial charge is 0.274 e. The van der Waals surface area contributed by atoms with Crippen LogP contribution in [-0.4, -0.2) is 46.9 Å². The number of methoxy groups -OCH3 is 1. The summed E-state index contributed by atoms with van der Waals surface area (Å²) in [5.74, 6) is 0.905. The van der Waals surface area contributed by atoms with Crippen LogP contribution >= 0.6 is 0 Å². The summed E-state index contributed by atoms with van der Waals surface area (Å²) in [4.78, 5) is 15.2. The Kier molecular flexibility index (Phi) is 5.46. The van der Waals surface area contributed by atoms with Crippen molar-refractivity contribution in [2.75, 3.05) is 20.2 Å². The molecule has 1 fully saturated rings. The second kappa shape index (κ2) is 8.03. The summed E-state index contributed by atoms with van der Waals surface area (Å²) in [5, 5.41) is 4.58. The van der Waals surface area contributed by atoms with E-state index in [0.29, 0.717) is 5.69 Å². The van der Waals surface area contributed by atoms with Crippen LogP contribution in [0.2, 0.25) is 0 Å². The Morgan fingerprint density at radius 3 is 2.76 bits per heavy atom. The molecule has 0 saturated carbocycles. The third kappa shape index (κ3) is 3.94. The molecule has 2 aliphatic heterocycles. The molecule has 0 radical (unpaired) electrons. The first kappa shape index (κ1) is 19.7. The zero-order chi connectivity index (χ0) is 20.5. The molecular formula is C23H29N3O3. The van der Waals surface area contributed by atoms with Crippen molar-refractivity contribution < 1.29 is 14.3 Å². The Balaban J connectivity index is 1.47. The number of hydrogen-bond acceptors (Lipinski definition) is 4. The van der Waals surface area contributed by atoms with Gasteiger partial charge < -0.3 is 14.4 Å². The van der Waals surface area contributed by atoms with E-state index in [1.54, 1.807) is 7.11 Å². The van der Waals surface area contributed by atoms with E-state index >= 15 is 0 Å². The first-order chi connectivity index (χ1) is 14.0. The minimum absolute atomic E-state index is 0.0356. The first-order valence-electron chi connectivity index (χ1n) is 10.3. The Morgan fingerprint density at radius 1 is 1.28 bits per heavy atom. The normalized spacial score (nSPS) is 21.7. The van der Waals surface area contributed by atoms with E-state index in [4.69, 9.17) is 9.47 Å². The monoisotopic (exact) mass is 395 g/mol. The number of carbonyl (C=O) groups is 1. The van der Waals surface area contributed by atoms with Gasteiger partial charge in [-0.2, -0.15) is 5.10 Å². The van der Waals surface area contributed by atoms with Crippen molar-refractivity contribution >= 4 is 12.0 Å². The Hall–Kier alpha value is -2.60. The summed E-state index contributed by atoms with van der Waals surface area (Å²) < 4.78 is 13.0. The summed E-state index contributed by atoms with van der Waals surface area (Å²) in [6.45, 7) is 5.53. The topological polar surface area (TPSA) is 56.6 Å². The van der Waals surface area contributed by atoms with Gasteiger partial charge in [0.25, 0.3) is 5.91 Å². The van der Waals surface area contributed by atoms with Crippen molar-refractivity contribution in [3.8, 4) is 5.75 Å². The molecule has 1 saturated heterocycles. The summed E-state index contributed by atoms with van der Waals surface area (Å²) in [6.07, 6.45) is 4.79. The van der Waals surface area contributed by atoms with Gasteiger partial charge in [-0.3, -0.25) is 9.48 Å². The average Bonchev–Trinajstić information content (AvgIpc) is 3.04. The average molecular weight is 396 g/mol. The number of rotatable bonds is 3. The van der Waals surface area contributed by atoms with E-state index in [1.165, 1.54) is 5.57 Å². The number of fused-ring (bicyclic) bond motifs is 1. The molecule has 29 heavy (non-hydrogen) atoms. The lowest BCUT2D eigenvalue weighted by Gasteiger charge is -2.29. The number of piperidine rings is 1. The molecule has 0 unspecified atom stereocenters. The molecule has 0 aliphatic carbocycles. The lowest BCUT2D eigenvalue weighted by Crippen LogP contribution is -2.37. The van der Waals surface area contributed by atoms with Crippen LogP contribution in [0, 0.1) is 0 Å². The fourth-order valence-corrected chi connectivity index (χ4v) is 4.47. The van der Waals surface area contributed by atoms with Gasteiger partial charge in [0.05, 0.1) is 25.0 Å². The van der Waals surface area contributed by atoms with Crippen LogP contribution in [0.15, 0.2) is 29.8 Å². The predicted molar refractivity (Wildman–Crippen MR) is 112 cm³/mol. The zero-order valence-corrected chi connectivity index (χ0v) is 17.6. The minimum Gasteiger partial charge on any atom is -0.497 e. The molecule has 3 heterocycles. The molecule has 1 aromatic carbocycles. The molecular weight excluding hydrogens is 366 g/mol. The number of hydrogen-bond donors (Lipinski definition) is 0. The standard InChI is InChI=1S/C23H29N3O3/c1-15-12-20-21(24-25(3)22(20)16(2)29-15)23(27)26-10-8-17(9-11-26)13-18-6-5-7-19(14-18)28-4/h5-7,13-16H,8-12H2,1-4H3/t15-,16+/m0/s1. The van der Waals surface area contributed by atoms with Crippen LogP contribution < -0.4 is 4.74 Å². The molecule has 2 aromatic rings. The minimum atomic E-state index is -0.0356. The maximum absolute atomic E-state index is 13.2. The van der Waals surface area contributed by atoms with Gasteiger partial charge in [0, 0.05) is 32.1 Å². The number of carbonyl (C=O) groups excluding carboxylic acids is 1. The summed E-state index contributed by atoms with van der Waals surface area (Å²) >= 11 is 0. The summed E-state index contributed by atoms with van der Waals surface area (Å²) in [6, 6.07) is 8.07. The van der Waals surface area contributed by atoms with Crippen LogP contribution in [0.5, 0.6) is 5.75 Å². The Bertz CT molecular complexity index is 937. The lowest BCUT2D eigenvalue weighted by molar-refractivity contribution is -0.00906. The van der Waals surface area contributed by atoms with Gasteiger partial charge in [0.15, 0.2) is 5.69 Å². The summed E-state index contributed by atoms with van der Waals surface area (Å²) in [5.41, 5.74) is 5.19. The van der Waals surface area contributed by atoms with Crippen LogP contribution in [-0.2, 0) is 18.2 Å². The number of aryl methyl sites for hydroxylation is 1. The largest absolute Gasteiger partial charge is 0.497 e. The van der Waals surface area contributed by atoms with Crippen LogP contribution in [0.25, 0.3) is 6.08 Å². The molecule has 2 aliphatic rings. The zero-order valence-electron chi connectivity index (χ0n) is 17.6. The third-order valence-corrected chi connectivity index (χ3v) is 5.87.